The van der Waals surface area contributed by atoms with Crippen molar-refractivity contribution in [1.82, 2.24) is 5.32 Å². The van der Waals surface area contributed by atoms with Gasteiger partial charge in [0.05, 0.1) is 6.61 Å². The Morgan fingerprint density at radius 1 is 1.17 bits per heavy atom. The molecule has 0 saturated heterocycles. The van der Waals surface area contributed by atoms with E-state index in [1.165, 1.54) is 6.92 Å². The van der Waals surface area contributed by atoms with Crippen LogP contribution in [0.4, 0.5) is 0 Å². The Balaban J connectivity index is 2.11. The summed E-state index contributed by atoms with van der Waals surface area (Å²) in [6, 6.07) is 13.3. The van der Waals surface area contributed by atoms with Gasteiger partial charge in [-0.25, -0.2) is 4.79 Å². The molecule has 0 aromatic heterocycles. The highest BCUT2D eigenvalue weighted by atomic mass is 16.5. The molecule has 4 heteroatoms. The number of benzene rings is 2. The zero-order valence-corrected chi connectivity index (χ0v) is 13.3. The number of rotatable bonds is 4. The monoisotopic (exact) mass is 309 g/mol. The molecule has 0 saturated carbocycles. The molecule has 4 nitrogen and oxygen atoms in total. The van der Waals surface area contributed by atoms with E-state index in [-0.39, 0.29) is 18.9 Å². The molecule has 1 unspecified atom stereocenters. The Bertz CT molecular complexity index is 771. The summed E-state index contributed by atoms with van der Waals surface area (Å²) in [6.07, 6.45) is 0.214. The Labute approximate surface area is 135 Å². The normalized spacial score (nSPS) is 11.2. The van der Waals surface area contributed by atoms with Gasteiger partial charge in [-0.2, -0.15) is 0 Å². The van der Waals surface area contributed by atoms with Crippen LogP contribution in [0.2, 0.25) is 0 Å². The largest absolute Gasteiger partial charge is 0.464 e. The molecule has 1 N–H and O–H groups in total. The summed E-state index contributed by atoms with van der Waals surface area (Å²) in [6.45, 7) is 3.36. The van der Waals surface area contributed by atoms with Gasteiger partial charge in [0.1, 0.15) is 6.04 Å². The summed E-state index contributed by atoms with van der Waals surface area (Å²) < 4.78 is 4.94. The minimum Gasteiger partial charge on any atom is -0.464 e. The number of amides is 1. The molecule has 0 fully saturated rings. The van der Waals surface area contributed by atoms with Crippen molar-refractivity contribution >= 4 is 22.6 Å². The maximum Gasteiger partial charge on any atom is 0.329 e. The van der Waals surface area contributed by atoms with Crippen LogP contribution in [0, 0.1) is 11.8 Å². The van der Waals surface area contributed by atoms with Gasteiger partial charge in [-0.1, -0.05) is 42.2 Å². The molecule has 1 amide bonds. The van der Waals surface area contributed by atoms with E-state index < -0.39 is 12.0 Å². The standard InChI is InChI=1S/C19H19NO3/c1-3-23-19(22)18(20-14(2)21)10-6-7-15-11-12-16-8-4-5-9-17(16)13-15/h4-5,8-9,11-13,18H,3,10H2,1-2H3,(H,20,21). The summed E-state index contributed by atoms with van der Waals surface area (Å²) in [4.78, 5) is 23.0. The number of esters is 1. The van der Waals surface area contributed by atoms with Gasteiger partial charge in [0.2, 0.25) is 5.91 Å². The Morgan fingerprint density at radius 2 is 1.91 bits per heavy atom. The molecular formula is C19H19NO3. The van der Waals surface area contributed by atoms with Crippen LogP contribution in [-0.4, -0.2) is 24.5 Å². The fourth-order valence-electron chi connectivity index (χ4n) is 2.20. The first-order valence-corrected chi connectivity index (χ1v) is 7.51. The number of ether oxygens (including phenoxy) is 1. The highest BCUT2D eigenvalue weighted by Gasteiger charge is 2.19. The van der Waals surface area contributed by atoms with E-state index in [0.717, 1.165) is 16.3 Å². The summed E-state index contributed by atoms with van der Waals surface area (Å²) in [5, 5.41) is 4.83. The van der Waals surface area contributed by atoms with Crippen molar-refractivity contribution in [1.29, 1.82) is 0 Å². The van der Waals surface area contributed by atoms with Gasteiger partial charge in [-0.15, -0.1) is 0 Å². The van der Waals surface area contributed by atoms with Gasteiger partial charge in [-0.3, -0.25) is 4.79 Å². The number of carbonyl (C=O) groups excluding carboxylic acids is 2. The van der Waals surface area contributed by atoms with Crippen LogP contribution in [0.25, 0.3) is 10.8 Å². The van der Waals surface area contributed by atoms with E-state index in [4.69, 9.17) is 4.74 Å². The van der Waals surface area contributed by atoms with Crippen molar-refractivity contribution in [3.8, 4) is 11.8 Å². The van der Waals surface area contributed by atoms with Crippen molar-refractivity contribution in [2.75, 3.05) is 6.61 Å². The molecule has 2 aromatic rings. The number of carbonyl (C=O) groups is 2. The zero-order valence-electron chi connectivity index (χ0n) is 13.3. The van der Waals surface area contributed by atoms with Gasteiger partial charge in [0, 0.05) is 18.9 Å². The van der Waals surface area contributed by atoms with Crippen LogP contribution in [0.5, 0.6) is 0 Å². The van der Waals surface area contributed by atoms with E-state index in [1.54, 1.807) is 6.92 Å². The lowest BCUT2D eigenvalue weighted by Crippen LogP contribution is -2.40. The van der Waals surface area contributed by atoms with Crippen molar-refractivity contribution in [3.05, 3.63) is 48.0 Å². The predicted molar refractivity (Wildman–Crippen MR) is 89.7 cm³/mol. The van der Waals surface area contributed by atoms with Crippen LogP contribution in [0.1, 0.15) is 25.8 Å². The second-order valence-electron chi connectivity index (χ2n) is 5.07. The molecule has 0 heterocycles. The fourth-order valence-corrected chi connectivity index (χ4v) is 2.20. The second kappa shape index (κ2) is 8.00. The summed E-state index contributed by atoms with van der Waals surface area (Å²) in [7, 11) is 0. The minimum absolute atomic E-state index is 0.214. The molecular weight excluding hydrogens is 290 g/mol. The van der Waals surface area contributed by atoms with Crippen LogP contribution < -0.4 is 5.32 Å². The maximum absolute atomic E-state index is 11.8. The van der Waals surface area contributed by atoms with Gasteiger partial charge in [0.25, 0.3) is 0 Å². The van der Waals surface area contributed by atoms with Crippen LogP contribution in [0.15, 0.2) is 42.5 Å². The average molecular weight is 309 g/mol. The molecule has 23 heavy (non-hydrogen) atoms. The third-order valence-corrected chi connectivity index (χ3v) is 3.24. The molecule has 0 aliphatic rings. The number of nitrogens with one attached hydrogen (secondary N) is 1. The lowest BCUT2D eigenvalue weighted by molar-refractivity contribution is -0.147. The van der Waals surface area contributed by atoms with E-state index >= 15 is 0 Å². The fraction of sp³-hybridized carbons (Fsp3) is 0.263. The molecule has 0 spiro atoms. The van der Waals surface area contributed by atoms with Gasteiger partial charge < -0.3 is 10.1 Å². The first kappa shape index (κ1) is 16.6. The summed E-state index contributed by atoms with van der Waals surface area (Å²) in [5.74, 6) is 5.23. The summed E-state index contributed by atoms with van der Waals surface area (Å²) >= 11 is 0. The number of hydrogen-bond donors (Lipinski definition) is 1. The third-order valence-electron chi connectivity index (χ3n) is 3.24. The van der Waals surface area contributed by atoms with Crippen molar-refractivity contribution in [3.63, 3.8) is 0 Å². The summed E-state index contributed by atoms with van der Waals surface area (Å²) in [5.41, 5.74) is 0.870. The number of fused-ring (bicyclic) bond motifs is 1. The van der Waals surface area contributed by atoms with Gasteiger partial charge in [0.15, 0.2) is 0 Å². The lowest BCUT2D eigenvalue weighted by atomic mass is 10.1. The van der Waals surface area contributed by atoms with E-state index in [9.17, 15) is 9.59 Å². The Morgan fingerprint density at radius 3 is 2.61 bits per heavy atom. The predicted octanol–water partition coefficient (Wildman–Crippen LogP) is 2.65. The molecule has 2 aromatic carbocycles. The van der Waals surface area contributed by atoms with Crippen LogP contribution in [-0.2, 0) is 14.3 Å². The molecule has 0 bridgehead atoms. The van der Waals surface area contributed by atoms with Crippen molar-refractivity contribution < 1.29 is 14.3 Å². The van der Waals surface area contributed by atoms with Crippen molar-refractivity contribution in [2.24, 2.45) is 0 Å². The first-order valence-electron chi connectivity index (χ1n) is 7.51. The quantitative estimate of drug-likeness (QED) is 0.698. The van der Waals surface area contributed by atoms with Crippen LogP contribution in [0.3, 0.4) is 0 Å². The van der Waals surface area contributed by atoms with Crippen molar-refractivity contribution in [2.45, 2.75) is 26.3 Å². The highest BCUT2D eigenvalue weighted by molar-refractivity contribution is 5.84. The van der Waals surface area contributed by atoms with E-state index in [1.807, 2.05) is 42.5 Å². The average Bonchev–Trinajstić information content (AvgIpc) is 2.53. The molecule has 0 radical (unpaired) electrons. The van der Waals surface area contributed by atoms with Crippen LogP contribution >= 0.6 is 0 Å². The minimum atomic E-state index is -0.736. The smallest absolute Gasteiger partial charge is 0.329 e. The maximum atomic E-state index is 11.8. The Kier molecular flexibility index (Phi) is 5.76. The zero-order chi connectivity index (χ0) is 16.7. The first-order chi connectivity index (χ1) is 11.1. The highest BCUT2D eigenvalue weighted by Crippen LogP contribution is 2.14. The molecule has 0 aliphatic carbocycles. The third kappa shape index (κ3) is 4.86. The number of hydrogen-bond acceptors (Lipinski definition) is 3. The van der Waals surface area contributed by atoms with Gasteiger partial charge in [-0.05, 0) is 29.8 Å². The molecule has 118 valence electrons. The molecule has 1 atom stereocenters. The lowest BCUT2D eigenvalue weighted by Gasteiger charge is -2.13. The SMILES string of the molecule is CCOC(=O)C(CC#Cc1ccc2ccccc2c1)NC(C)=O. The Hall–Kier alpha value is -2.80. The van der Waals surface area contributed by atoms with Gasteiger partial charge >= 0.3 is 5.97 Å². The van der Waals surface area contributed by atoms with E-state index in [0.29, 0.717) is 0 Å². The molecule has 0 aliphatic heterocycles. The topological polar surface area (TPSA) is 55.4 Å². The van der Waals surface area contributed by atoms with E-state index in [2.05, 4.69) is 17.2 Å². The second-order valence-corrected chi connectivity index (χ2v) is 5.07. The molecule has 2 rings (SSSR count).